The lowest BCUT2D eigenvalue weighted by Gasteiger charge is -2.26. The molecule has 29 heavy (non-hydrogen) atoms. The van der Waals surface area contributed by atoms with Crippen molar-refractivity contribution < 1.29 is 4.79 Å². The van der Waals surface area contributed by atoms with Crippen LogP contribution in [-0.4, -0.2) is 37.0 Å². The van der Waals surface area contributed by atoms with Gasteiger partial charge in [-0.25, -0.2) is 4.98 Å². The Labute approximate surface area is 174 Å². The number of anilines is 1. The molecule has 1 aliphatic heterocycles. The zero-order chi connectivity index (χ0) is 20.1. The second-order valence-electron chi connectivity index (χ2n) is 7.10. The van der Waals surface area contributed by atoms with Crippen LogP contribution >= 0.6 is 11.3 Å². The van der Waals surface area contributed by atoms with Gasteiger partial charge in [0.25, 0.3) is 0 Å². The molecule has 1 unspecified atom stereocenters. The first-order valence-corrected chi connectivity index (χ1v) is 10.7. The molecule has 7 heteroatoms. The third kappa shape index (κ3) is 4.74. The minimum Gasteiger partial charge on any atom is -0.356 e. The summed E-state index contributed by atoms with van der Waals surface area (Å²) in [5.74, 6) is 0.966. The van der Waals surface area contributed by atoms with Crippen LogP contribution in [0.4, 0.5) is 5.69 Å². The third-order valence-electron chi connectivity index (χ3n) is 5.04. The Morgan fingerprint density at radius 3 is 2.90 bits per heavy atom. The maximum absolute atomic E-state index is 12.0. The molecule has 6 nitrogen and oxygen atoms in total. The summed E-state index contributed by atoms with van der Waals surface area (Å²) in [7, 11) is 1.77. The minimum absolute atomic E-state index is 0.0641. The van der Waals surface area contributed by atoms with Crippen molar-refractivity contribution in [1.82, 2.24) is 15.6 Å². The summed E-state index contributed by atoms with van der Waals surface area (Å²) >= 11 is 1.76. The summed E-state index contributed by atoms with van der Waals surface area (Å²) in [6, 6.07) is 16.2. The Morgan fingerprint density at radius 2 is 2.03 bits per heavy atom. The molecule has 1 atom stereocenters. The highest BCUT2D eigenvalue weighted by Crippen LogP contribution is 2.31. The molecule has 3 aromatic rings. The molecule has 0 bridgehead atoms. The number of para-hydroxylation sites is 2. The number of carbonyl (C=O) groups is 1. The highest BCUT2D eigenvalue weighted by Gasteiger charge is 2.24. The van der Waals surface area contributed by atoms with Gasteiger partial charge in [0.2, 0.25) is 5.91 Å². The van der Waals surface area contributed by atoms with Gasteiger partial charge in [0.1, 0.15) is 0 Å². The number of rotatable bonds is 6. The molecule has 1 aromatic heterocycles. The average Bonchev–Trinajstić information content (AvgIpc) is 3.16. The number of hydrogen-bond donors (Lipinski definition) is 3. The van der Waals surface area contributed by atoms with Crippen molar-refractivity contribution in [3.63, 3.8) is 0 Å². The van der Waals surface area contributed by atoms with Gasteiger partial charge in [-0.3, -0.25) is 9.79 Å². The number of nitrogens with one attached hydrogen (secondary N) is 3. The fourth-order valence-electron chi connectivity index (χ4n) is 3.60. The van der Waals surface area contributed by atoms with Crippen molar-refractivity contribution in [2.24, 2.45) is 4.99 Å². The predicted molar refractivity (Wildman–Crippen MR) is 120 cm³/mol. The standard InChI is InChI=1S/C22H25N5OS/c1-23-22(24-12-6-11-21-27-18-9-4-5-10-19(18)29-21)25-14-15-13-20(28)26-17-8-3-2-7-16(15)17/h2-5,7-10,15H,6,11-14H2,1H3,(H,26,28)(H2,23,24,25). The number of aliphatic imine (C=N–C) groups is 1. The van der Waals surface area contributed by atoms with Crippen LogP contribution in [0.15, 0.2) is 53.5 Å². The second-order valence-corrected chi connectivity index (χ2v) is 8.21. The number of benzene rings is 2. The molecular formula is C22H25N5OS. The van der Waals surface area contributed by atoms with E-state index in [9.17, 15) is 4.79 Å². The summed E-state index contributed by atoms with van der Waals surface area (Å²) in [5.41, 5.74) is 3.16. The summed E-state index contributed by atoms with van der Waals surface area (Å²) in [6.07, 6.45) is 2.41. The van der Waals surface area contributed by atoms with Crippen LogP contribution < -0.4 is 16.0 Å². The van der Waals surface area contributed by atoms with E-state index in [2.05, 4.69) is 50.2 Å². The Hall–Kier alpha value is -2.93. The summed E-state index contributed by atoms with van der Waals surface area (Å²) in [5, 5.41) is 10.8. The molecule has 2 aromatic carbocycles. The first-order valence-electron chi connectivity index (χ1n) is 9.90. The molecule has 4 rings (SSSR count). The predicted octanol–water partition coefficient (Wildman–Crippen LogP) is 3.52. The van der Waals surface area contributed by atoms with Crippen LogP contribution in [0.25, 0.3) is 10.2 Å². The van der Waals surface area contributed by atoms with Gasteiger partial charge in [-0.2, -0.15) is 0 Å². The molecule has 1 amide bonds. The number of fused-ring (bicyclic) bond motifs is 2. The van der Waals surface area contributed by atoms with Gasteiger partial charge >= 0.3 is 0 Å². The number of guanidine groups is 1. The molecule has 150 valence electrons. The topological polar surface area (TPSA) is 78.4 Å². The highest BCUT2D eigenvalue weighted by atomic mass is 32.1. The number of thiazole rings is 1. The number of amides is 1. The average molecular weight is 408 g/mol. The van der Waals surface area contributed by atoms with Crippen LogP contribution in [0.3, 0.4) is 0 Å². The van der Waals surface area contributed by atoms with E-state index < -0.39 is 0 Å². The largest absolute Gasteiger partial charge is 0.356 e. The Kier molecular flexibility index (Phi) is 6.05. The van der Waals surface area contributed by atoms with Gasteiger partial charge in [-0.1, -0.05) is 30.3 Å². The fourth-order valence-corrected chi connectivity index (χ4v) is 4.61. The van der Waals surface area contributed by atoms with E-state index in [1.165, 1.54) is 15.3 Å². The minimum atomic E-state index is 0.0641. The van der Waals surface area contributed by atoms with E-state index in [0.29, 0.717) is 13.0 Å². The summed E-state index contributed by atoms with van der Waals surface area (Å²) in [6.45, 7) is 1.49. The van der Waals surface area contributed by atoms with E-state index in [4.69, 9.17) is 0 Å². The zero-order valence-electron chi connectivity index (χ0n) is 16.4. The fraction of sp³-hybridized carbons (Fsp3) is 0.318. The SMILES string of the molecule is CN=C(NCCCc1nc2ccccc2s1)NCC1CC(=O)Nc2ccccc21. The van der Waals surface area contributed by atoms with Gasteiger partial charge in [-0.15, -0.1) is 11.3 Å². The van der Waals surface area contributed by atoms with Crippen molar-refractivity contribution in [2.45, 2.75) is 25.2 Å². The molecule has 0 saturated carbocycles. The van der Waals surface area contributed by atoms with Gasteiger partial charge in [-0.05, 0) is 30.2 Å². The Balaban J connectivity index is 1.25. The number of carbonyl (C=O) groups excluding carboxylic acids is 1. The van der Waals surface area contributed by atoms with E-state index in [-0.39, 0.29) is 11.8 Å². The first-order chi connectivity index (χ1) is 14.2. The molecule has 0 radical (unpaired) electrons. The quantitative estimate of drug-likeness (QED) is 0.332. The normalized spacial score (nSPS) is 16.4. The van der Waals surface area contributed by atoms with Crippen LogP contribution in [-0.2, 0) is 11.2 Å². The summed E-state index contributed by atoms with van der Waals surface area (Å²) in [4.78, 5) is 21.0. The maximum atomic E-state index is 12.0. The molecule has 1 aliphatic rings. The van der Waals surface area contributed by atoms with Crippen molar-refractivity contribution in [3.8, 4) is 0 Å². The molecule has 0 saturated heterocycles. The van der Waals surface area contributed by atoms with Crippen LogP contribution in [0, 0.1) is 0 Å². The highest BCUT2D eigenvalue weighted by molar-refractivity contribution is 7.18. The van der Waals surface area contributed by atoms with Crippen molar-refractivity contribution in [1.29, 1.82) is 0 Å². The van der Waals surface area contributed by atoms with Crippen molar-refractivity contribution in [2.75, 3.05) is 25.5 Å². The van der Waals surface area contributed by atoms with Crippen LogP contribution in [0.1, 0.15) is 29.3 Å². The zero-order valence-corrected chi connectivity index (χ0v) is 17.3. The molecular weight excluding hydrogens is 382 g/mol. The lowest BCUT2D eigenvalue weighted by Crippen LogP contribution is -2.41. The maximum Gasteiger partial charge on any atom is 0.225 e. The lowest BCUT2D eigenvalue weighted by atomic mass is 9.90. The van der Waals surface area contributed by atoms with E-state index in [1.807, 2.05) is 24.3 Å². The Bertz CT molecular complexity index is 996. The first kappa shape index (κ1) is 19.4. The number of hydrogen-bond acceptors (Lipinski definition) is 4. The number of aryl methyl sites for hydroxylation is 1. The number of nitrogens with zero attached hydrogens (tertiary/aromatic N) is 2. The smallest absolute Gasteiger partial charge is 0.225 e. The van der Waals surface area contributed by atoms with Gasteiger partial charge in [0, 0.05) is 44.6 Å². The van der Waals surface area contributed by atoms with E-state index >= 15 is 0 Å². The van der Waals surface area contributed by atoms with Crippen molar-refractivity contribution in [3.05, 3.63) is 59.1 Å². The summed E-state index contributed by atoms with van der Waals surface area (Å²) < 4.78 is 1.24. The molecule has 0 aliphatic carbocycles. The second kappa shape index (κ2) is 9.05. The molecule has 0 spiro atoms. The Morgan fingerprint density at radius 1 is 1.21 bits per heavy atom. The number of aromatic nitrogens is 1. The van der Waals surface area contributed by atoms with E-state index in [1.54, 1.807) is 18.4 Å². The van der Waals surface area contributed by atoms with Crippen molar-refractivity contribution >= 4 is 39.1 Å². The third-order valence-corrected chi connectivity index (χ3v) is 6.14. The van der Waals surface area contributed by atoms with Gasteiger partial charge < -0.3 is 16.0 Å². The molecule has 3 N–H and O–H groups in total. The van der Waals surface area contributed by atoms with Crippen LogP contribution in [0.2, 0.25) is 0 Å². The van der Waals surface area contributed by atoms with E-state index in [0.717, 1.165) is 36.6 Å². The lowest BCUT2D eigenvalue weighted by molar-refractivity contribution is -0.116. The van der Waals surface area contributed by atoms with Crippen LogP contribution in [0.5, 0.6) is 0 Å². The molecule has 2 heterocycles. The van der Waals surface area contributed by atoms with Gasteiger partial charge in [0.15, 0.2) is 5.96 Å². The molecule has 0 fully saturated rings. The monoisotopic (exact) mass is 407 g/mol. The van der Waals surface area contributed by atoms with Gasteiger partial charge in [0.05, 0.1) is 15.2 Å².